The molecule has 0 radical (unpaired) electrons. The fourth-order valence-corrected chi connectivity index (χ4v) is 3.24. The molecule has 0 aliphatic carbocycles. The topological polar surface area (TPSA) is 52.2 Å². The zero-order valence-electron chi connectivity index (χ0n) is 14.5. The lowest BCUT2D eigenvalue weighted by atomic mass is 10.1. The minimum atomic E-state index is -0.244. The maximum atomic E-state index is 13.2. The number of hydrogen-bond acceptors (Lipinski definition) is 3. The summed E-state index contributed by atoms with van der Waals surface area (Å²) in [5.41, 5.74) is 0.878. The number of nitrogens with zero attached hydrogens (tertiary/aromatic N) is 3. The van der Waals surface area contributed by atoms with E-state index in [-0.39, 0.29) is 11.7 Å². The number of halogens is 1. The van der Waals surface area contributed by atoms with Crippen LogP contribution in [0.1, 0.15) is 24.2 Å². The molecule has 0 unspecified atom stereocenters. The molecule has 0 spiro atoms. The van der Waals surface area contributed by atoms with Gasteiger partial charge >= 0.3 is 0 Å². The Bertz CT molecular complexity index is 674. The standard InChI is InChI=1S/C19H25FN4O/c20-17-4-1-3-16(15-17)5-6-19(25)24-11-2-10-23(13-14-24)12-7-18-21-8-9-22-18/h1,3-4,8-9,15H,2,5-7,10-14H2,(H,21,22). The number of amides is 1. The van der Waals surface area contributed by atoms with Gasteiger partial charge in [-0.3, -0.25) is 4.79 Å². The van der Waals surface area contributed by atoms with Crippen LogP contribution in [-0.2, 0) is 17.6 Å². The molecule has 1 aromatic heterocycles. The van der Waals surface area contributed by atoms with E-state index >= 15 is 0 Å². The van der Waals surface area contributed by atoms with Crippen molar-refractivity contribution in [1.29, 1.82) is 0 Å². The maximum Gasteiger partial charge on any atom is 0.222 e. The number of nitrogens with one attached hydrogen (secondary N) is 1. The molecule has 6 heteroatoms. The molecule has 2 heterocycles. The average molecular weight is 344 g/mol. The summed E-state index contributed by atoms with van der Waals surface area (Å²) < 4.78 is 13.2. The minimum absolute atomic E-state index is 0.164. The van der Waals surface area contributed by atoms with Gasteiger partial charge in [0, 0.05) is 51.4 Å². The molecule has 1 fully saturated rings. The zero-order valence-corrected chi connectivity index (χ0v) is 14.5. The van der Waals surface area contributed by atoms with Crippen LogP contribution in [0.2, 0.25) is 0 Å². The van der Waals surface area contributed by atoms with Gasteiger partial charge in [-0.1, -0.05) is 12.1 Å². The number of aryl methyl sites for hydroxylation is 1. The highest BCUT2D eigenvalue weighted by molar-refractivity contribution is 5.76. The van der Waals surface area contributed by atoms with Crippen molar-refractivity contribution < 1.29 is 9.18 Å². The second kappa shape index (κ2) is 8.76. The number of benzene rings is 1. The van der Waals surface area contributed by atoms with E-state index in [1.165, 1.54) is 12.1 Å². The largest absolute Gasteiger partial charge is 0.349 e. The summed E-state index contributed by atoms with van der Waals surface area (Å²) in [5, 5.41) is 0. The first kappa shape index (κ1) is 17.6. The Kier molecular flexibility index (Phi) is 6.17. The Morgan fingerprint density at radius 3 is 2.92 bits per heavy atom. The van der Waals surface area contributed by atoms with Crippen LogP contribution in [0.5, 0.6) is 0 Å². The van der Waals surface area contributed by atoms with E-state index in [2.05, 4.69) is 14.9 Å². The molecule has 0 atom stereocenters. The first-order valence-corrected chi connectivity index (χ1v) is 8.93. The van der Waals surface area contributed by atoms with Gasteiger partial charge in [-0.2, -0.15) is 0 Å². The number of H-pyrrole nitrogens is 1. The van der Waals surface area contributed by atoms with Crippen molar-refractivity contribution in [1.82, 2.24) is 19.8 Å². The molecule has 1 saturated heterocycles. The predicted molar refractivity (Wildman–Crippen MR) is 94.6 cm³/mol. The molecule has 1 aliphatic heterocycles. The Balaban J connectivity index is 1.43. The molecule has 25 heavy (non-hydrogen) atoms. The number of aromatic nitrogens is 2. The van der Waals surface area contributed by atoms with Crippen molar-refractivity contribution in [2.75, 3.05) is 32.7 Å². The first-order chi connectivity index (χ1) is 12.2. The summed E-state index contributed by atoms with van der Waals surface area (Å²) in [4.78, 5) is 24.2. The summed E-state index contributed by atoms with van der Waals surface area (Å²) in [7, 11) is 0. The number of carbonyl (C=O) groups is 1. The average Bonchev–Trinajstić information content (AvgIpc) is 3.02. The number of aromatic amines is 1. The molecule has 5 nitrogen and oxygen atoms in total. The van der Waals surface area contributed by atoms with E-state index in [4.69, 9.17) is 0 Å². The molecular formula is C19H25FN4O. The third-order valence-electron chi connectivity index (χ3n) is 4.68. The van der Waals surface area contributed by atoms with Crippen LogP contribution in [0.3, 0.4) is 0 Å². The van der Waals surface area contributed by atoms with E-state index in [9.17, 15) is 9.18 Å². The van der Waals surface area contributed by atoms with E-state index < -0.39 is 0 Å². The SMILES string of the molecule is O=C(CCc1cccc(F)c1)N1CCCN(CCc2ncc[nH]2)CC1. The van der Waals surface area contributed by atoms with E-state index in [1.54, 1.807) is 12.3 Å². The van der Waals surface area contributed by atoms with E-state index in [1.807, 2.05) is 17.2 Å². The number of rotatable bonds is 6. The number of hydrogen-bond donors (Lipinski definition) is 1. The summed E-state index contributed by atoms with van der Waals surface area (Å²) in [5.74, 6) is 0.927. The third kappa shape index (κ3) is 5.39. The molecule has 2 aromatic rings. The van der Waals surface area contributed by atoms with Crippen molar-refractivity contribution >= 4 is 5.91 Å². The molecular weight excluding hydrogens is 319 g/mol. The van der Waals surface area contributed by atoms with Gasteiger partial charge in [-0.05, 0) is 37.1 Å². The Morgan fingerprint density at radius 1 is 1.20 bits per heavy atom. The highest BCUT2D eigenvalue weighted by atomic mass is 19.1. The molecule has 0 saturated carbocycles. The van der Waals surface area contributed by atoms with Gasteiger partial charge in [0.1, 0.15) is 11.6 Å². The van der Waals surface area contributed by atoms with Crippen LogP contribution in [-0.4, -0.2) is 58.4 Å². The highest BCUT2D eigenvalue weighted by Gasteiger charge is 2.19. The summed E-state index contributed by atoms with van der Waals surface area (Å²) in [6.07, 6.45) is 6.54. The van der Waals surface area contributed by atoms with Crippen molar-refractivity contribution in [2.24, 2.45) is 0 Å². The van der Waals surface area contributed by atoms with Gasteiger partial charge in [-0.25, -0.2) is 9.37 Å². The van der Waals surface area contributed by atoms with Gasteiger partial charge < -0.3 is 14.8 Å². The van der Waals surface area contributed by atoms with E-state index in [0.29, 0.717) is 12.8 Å². The fourth-order valence-electron chi connectivity index (χ4n) is 3.24. The maximum absolute atomic E-state index is 13.2. The zero-order chi connectivity index (χ0) is 17.5. The third-order valence-corrected chi connectivity index (χ3v) is 4.68. The molecule has 1 aromatic carbocycles. The van der Waals surface area contributed by atoms with Crippen LogP contribution < -0.4 is 0 Å². The van der Waals surface area contributed by atoms with Crippen LogP contribution in [0.15, 0.2) is 36.7 Å². The number of carbonyl (C=O) groups excluding carboxylic acids is 1. The van der Waals surface area contributed by atoms with Crippen molar-refractivity contribution in [3.8, 4) is 0 Å². The normalized spacial score (nSPS) is 16.0. The molecule has 1 amide bonds. The van der Waals surface area contributed by atoms with Gasteiger partial charge in [0.2, 0.25) is 5.91 Å². The lowest BCUT2D eigenvalue weighted by molar-refractivity contribution is -0.131. The van der Waals surface area contributed by atoms with Crippen LogP contribution in [0, 0.1) is 5.82 Å². The van der Waals surface area contributed by atoms with Gasteiger partial charge in [-0.15, -0.1) is 0 Å². The number of imidazole rings is 1. The van der Waals surface area contributed by atoms with Gasteiger partial charge in [0.05, 0.1) is 0 Å². The Morgan fingerprint density at radius 2 is 2.12 bits per heavy atom. The van der Waals surface area contributed by atoms with Crippen molar-refractivity contribution in [3.05, 3.63) is 53.9 Å². The van der Waals surface area contributed by atoms with Crippen LogP contribution in [0.25, 0.3) is 0 Å². The smallest absolute Gasteiger partial charge is 0.222 e. The monoisotopic (exact) mass is 344 g/mol. The van der Waals surface area contributed by atoms with E-state index in [0.717, 1.165) is 57.0 Å². The lowest BCUT2D eigenvalue weighted by Crippen LogP contribution is -2.35. The molecule has 134 valence electrons. The van der Waals surface area contributed by atoms with Crippen LogP contribution in [0.4, 0.5) is 4.39 Å². The van der Waals surface area contributed by atoms with Crippen LogP contribution >= 0.6 is 0 Å². The Labute approximate surface area is 147 Å². The first-order valence-electron chi connectivity index (χ1n) is 8.93. The minimum Gasteiger partial charge on any atom is -0.349 e. The summed E-state index contributed by atoms with van der Waals surface area (Å²) in [6.45, 7) is 4.43. The highest BCUT2D eigenvalue weighted by Crippen LogP contribution is 2.10. The lowest BCUT2D eigenvalue weighted by Gasteiger charge is -2.22. The van der Waals surface area contributed by atoms with Gasteiger partial charge in [0.25, 0.3) is 0 Å². The predicted octanol–water partition coefficient (Wildman–Crippen LogP) is 2.26. The van der Waals surface area contributed by atoms with Gasteiger partial charge in [0.15, 0.2) is 0 Å². The molecule has 0 bridgehead atoms. The quantitative estimate of drug-likeness (QED) is 0.874. The fraction of sp³-hybridized carbons (Fsp3) is 0.474. The molecule has 1 N–H and O–H groups in total. The second-order valence-electron chi connectivity index (χ2n) is 6.49. The second-order valence-corrected chi connectivity index (χ2v) is 6.49. The molecule has 3 rings (SSSR count). The molecule has 1 aliphatic rings. The van der Waals surface area contributed by atoms with Crippen molar-refractivity contribution in [3.63, 3.8) is 0 Å². The summed E-state index contributed by atoms with van der Waals surface area (Å²) in [6, 6.07) is 6.50. The van der Waals surface area contributed by atoms with Crippen molar-refractivity contribution in [2.45, 2.75) is 25.7 Å². The Hall–Kier alpha value is -2.21. The summed E-state index contributed by atoms with van der Waals surface area (Å²) >= 11 is 0.